The topological polar surface area (TPSA) is 86.8 Å². The number of nitrogens with zero attached hydrogens (tertiary/aromatic N) is 2. The summed E-state index contributed by atoms with van der Waals surface area (Å²) in [5, 5.41) is 29.5. The van der Waals surface area contributed by atoms with E-state index in [4.69, 9.17) is 0 Å². The van der Waals surface area contributed by atoms with Crippen LogP contribution in [0.3, 0.4) is 0 Å². The molecule has 0 aromatic heterocycles. The van der Waals surface area contributed by atoms with Crippen LogP contribution >= 0.6 is 0 Å². The average molecular weight is 260 g/mol. The largest absolute Gasteiger partial charge is 0.389 e. The normalized spacial score (nSPS) is 23.4. The molecule has 2 N–H and O–H groups in total. The van der Waals surface area contributed by atoms with Gasteiger partial charge < -0.3 is 15.1 Å². The Labute approximate surface area is 100 Å². The van der Waals surface area contributed by atoms with Crippen molar-refractivity contribution in [2.45, 2.75) is 12.2 Å². The number of benzene rings is 1. The first-order chi connectivity index (χ1) is 8.41. The number of hydrogen-bond donors (Lipinski definition) is 2. The van der Waals surface area contributed by atoms with Crippen molar-refractivity contribution in [3.8, 4) is 0 Å². The van der Waals surface area contributed by atoms with Gasteiger partial charge in [-0.25, -0.2) is 8.78 Å². The van der Waals surface area contributed by atoms with E-state index in [1.165, 1.54) is 0 Å². The van der Waals surface area contributed by atoms with E-state index in [0.29, 0.717) is 6.07 Å². The molecule has 0 aliphatic carbocycles. The predicted molar refractivity (Wildman–Crippen MR) is 57.2 cm³/mol. The monoisotopic (exact) mass is 260 g/mol. The molecule has 98 valence electrons. The van der Waals surface area contributed by atoms with Gasteiger partial charge >= 0.3 is 0 Å². The van der Waals surface area contributed by atoms with Crippen molar-refractivity contribution in [1.82, 2.24) is 0 Å². The Hall–Kier alpha value is -1.80. The van der Waals surface area contributed by atoms with E-state index in [0.717, 1.165) is 11.0 Å². The molecule has 2 atom stereocenters. The SMILES string of the molecule is O=[N+]([O-])c1ccc(F)c(F)c1N1CC(O)C(O)C1. The van der Waals surface area contributed by atoms with Crippen LogP contribution in [0.25, 0.3) is 0 Å². The highest BCUT2D eigenvalue weighted by Crippen LogP contribution is 2.34. The molecule has 1 aromatic rings. The fourth-order valence-corrected chi connectivity index (χ4v) is 1.93. The van der Waals surface area contributed by atoms with E-state index in [1.54, 1.807) is 0 Å². The summed E-state index contributed by atoms with van der Waals surface area (Å²) < 4.78 is 26.8. The van der Waals surface area contributed by atoms with E-state index < -0.39 is 40.1 Å². The molecule has 1 saturated heterocycles. The molecule has 0 spiro atoms. The lowest BCUT2D eigenvalue weighted by atomic mass is 10.2. The van der Waals surface area contributed by atoms with Gasteiger partial charge in [-0.3, -0.25) is 10.1 Å². The average Bonchev–Trinajstić information content (AvgIpc) is 2.62. The van der Waals surface area contributed by atoms with E-state index in [-0.39, 0.29) is 13.1 Å². The van der Waals surface area contributed by atoms with Crippen LogP contribution in [0.15, 0.2) is 12.1 Å². The van der Waals surface area contributed by atoms with Crippen molar-refractivity contribution in [3.63, 3.8) is 0 Å². The molecule has 1 aliphatic heterocycles. The molecule has 0 saturated carbocycles. The zero-order valence-corrected chi connectivity index (χ0v) is 9.08. The highest BCUT2D eigenvalue weighted by atomic mass is 19.2. The van der Waals surface area contributed by atoms with Crippen LogP contribution in [-0.4, -0.2) is 40.4 Å². The van der Waals surface area contributed by atoms with Gasteiger partial charge in [0.25, 0.3) is 5.69 Å². The lowest BCUT2D eigenvalue weighted by Gasteiger charge is -2.18. The summed E-state index contributed by atoms with van der Waals surface area (Å²) in [6, 6.07) is 1.52. The summed E-state index contributed by atoms with van der Waals surface area (Å²) in [6.07, 6.45) is -2.29. The summed E-state index contributed by atoms with van der Waals surface area (Å²) in [6.45, 7) is -0.384. The van der Waals surface area contributed by atoms with Gasteiger partial charge in [0.05, 0.1) is 17.1 Å². The Morgan fingerprint density at radius 3 is 2.33 bits per heavy atom. The number of hydrogen-bond acceptors (Lipinski definition) is 5. The second-order valence-corrected chi connectivity index (χ2v) is 4.03. The van der Waals surface area contributed by atoms with E-state index >= 15 is 0 Å². The van der Waals surface area contributed by atoms with Crippen LogP contribution in [0.4, 0.5) is 20.2 Å². The van der Waals surface area contributed by atoms with Crippen LogP contribution in [-0.2, 0) is 0 Å². The van der Waals surface area contributed by atoms with E-state index in [9.17, 15) is 29.1 Å². The van der Waals surface area contributed by atoms with Crippen molar-refractivity contribution < 1.29 is 23.9 Å². The molecule has 1 aliphatic rings. The number of aliphatic hydroxyl groups excluding tert-OH is 2. The molecule has 2 unspecified atom stereocenters. The molecular weight excluding hydrogens is 250 g/mol. The molecule has 0 radical (unpaired) electrons. The first kappa shape index (κ1) is 12.7. The van der Waals surface area contributed by atoms with Gasteiger partial charge in [0.1, 0.15) is 0 Å². The molecule has 2 rings (SSSR count). The standard InChI is InChI=1S/C10H10F2N2O4/c11-5-1-2-6(14(17)18)10(9(5)12)13-3-7(15)8(16)4-13/h1-2,7-8,15-16H,3-4H2. The van der Waals surface area contributed by atoms with Crippen molar-refractivity contribution in [3.05, 3.63) is 33.9 Å². The van der Waals surface area contributed by atoms with E-state index in [2.05, 4.69) is 0 Å². The van der Waals surface area contributed by atoms with Crippen LogP contribution < -0.4 is 4.90 Å². The Morgan fingerprint density at radius 1 is 1.28 bits per heavy atom. The maximum Gasteiger partial charge on any atom is 0.295 e. The molecule has 0 amide bonds. The zero-order chi connectivity index (χ0) is 13.4. The fraction of sp³-hybridized carbons (Fsp3) is 0.400. The quantitative estimate of drug-likeness (QED) is 0.594. The molecule has 8 heteroatoms. The molecule has 0 bridgehead atoms. The molecule has 6 nitrogen and oxygen atoms in total. The summed E-state index contributed by atoms with van der Waals surface area (Å²) in [4.78, 5) is 11.0. The van der Waals surface area contributed by atoms with Gasteiger partial charge in [0.2, 0.25) is 0 Å². The smallest absolute Gasteiger partial charge is 0.295 e. The molecule has 1 aromatic carbocycles. The van der Waals surface area contributed by atoms with Crippen molar-refractivity contribution in [1.29, 1.82) is 0 Å². The van der Waals surface area contributed by atoms with Gasteiger partial charge in [0, 0.05) is 19.2 Å². The lowest BCUT2D eigenvalue weighted by molar-refractivity contribution is -0.384. The Balaban J connectivity index is 2.49. The summed E-state index contributed by atoms with van der Waals surface area (Å²) in [5.41, 5.74) is -1.15. The zero-order valence-electron chi connectivity index (χ0n) is 9.08. The van der Waals surface area contributed by atoms with Gasteiger partial charge in [-0.15, -0.1) is 0 Å². The third-order valence-electron chi connectivity index (χ3n) is 2.82. The lowest BCUT2D eigenvalue weighted by Crippen LogP contribution is -2.23. The number of anilines is 1. The van der Waals surface area contributed by atoms with Crippen LogP contribution in [0, 0.1) is 21.7 Å². The third kappa shape index (κ3) is 2.00. The molecule has 1 heterocycles. The van der Waals surface area contributed by atoms with Crippen LogP contribution in [0.1, 0.15) is 0 Å². The first-order valence-electron chi connectivity index (χ1n) is 5.15. The van der Waals surface area contributed by atoms with E-state index in [1.807, 2.05) is 0 Å². The predicted octanol–water partition coefficient (Wildman–Crippen LogP) is 0.415. The van der Waals surface area contributed by atoms with Crippen LogP contribution in [0.5, 0.6) is 0 Å². The molecule has 18 heavy (non-hydrogen) atoms. The van der Waals surface area contributed by atoms with Gasteiger partial charge in [0.15, 0.2) is 17.3 Å². The van der Waals surface area contributed by atoms with Gasteiger partial charge in [-0.05, 0) is 6.07 Å². The number of β-amino-alcohol motifs (C(OH)–C–C–N with tert-alkyl or cyclic N) is 2. The van der Waals surface area contributed by atoms with Gasteiger partial charge in [-0.2, -0.15) is 0 Å². The maximum absolute atomic E-state index is 13.6. The number of aliphatic hydroxyl groups is 2. The minimum Gasteiger partial charge on any atom is -0.389 e. The Kier molecular flexibility index (Phi) is 3.14. The number of rotatable bonds is 2. The maximum atomic E-state index is 13.6. The fourth-order valence-electron chi connectivity index (χ4n) is 1.93. The minimum absolute atomic E-state index is 0.192. The van der Waals surface area contributed by atoms with Crippen molar-refractivity contribution >= 4 is 11.4 Å². The third-order valence-corrected chi connectivity index (χ3v) is 2.82. The first-order valence-corrected chi connectivity index (χ1v) is 5.15. The number of halogens is 2. The second kappa shape index (κ2) is 4.46. The summed E-state index contributed by atoms with van der Waals surface area (Å²) in [7, 11) is 0. The number of nitro benzene ring substituents is 1. The minimum atomic E-state index is -1.36. The van der Waals surface area contributed by atoms with Gasteiger partial charge in [-0.1, -0.05) is 0 Å². The molecular formula is C10H10F2N2O4. The van der Waals surface area contributed by atoms with Crippen molar-refractivity contribution in [2.24, 2.45) is 0 Å². The Bertz CT molecular complexity index is 487. The molecule has 1 fully saturated rings. The summed E-state index contributed by atoms with van der Waals surface area (Å²) in [5.74, 6) is -2.57. The highest BCUT2D eigenvalue weighted by molar-refractivity contribution is 5.65. The second-order valence-electron chi connectivity index (χ2n) is 4.03. The Morgan fingerprint density at radius 2 is 1.83 bits per heavy atom. The summed E-state index contributed by atoms with van der Waals surface area (Å²) >= 11 is 0. The number of nitro groups is 1. The highest BCUT2D eigenvalue weighted by Gasteiger charge is 2.35. The van der Waals surface area contributed by atoms with Crippen molar-refractivity contribution in [2.75, 3.05) is 18.0 Å². The van der Waals surface area contributed by atoms with Crippen LogP contribution in [0.2, 0.25) is 0 Å².